The first kappa shape index (κ1) is 13.4. The Balaban J connectivity index is 1.66. The van der Waals surface area contributed by atoms with Gasteiger partial charge in [0.2, 0.25) is 0 Å². The van der Waals surface area contributed by atoms with Gasteiger partial charge in [0, 0.05) is 12.1 Å². The molecule has 1 amide bonds. The molecule has 2 heterocycles. The smallest absolute Gasteiger partial charge is 0.267 e. The summed E-state index contributed by atoms with van der Waals surface area (Å²) in [5.41, 5.74) is 6.65. The second kappa shape index (κ2) is 5.20. The van der Waals surface area contributed by atoms with Crippen LogP contribution in [0.3, 0.4) is 0 Å². The van der Waals surface area contributed by atoms with Gasteiger partial charge < -0.3 is 0 Å². The van der Waals surface area contributed by atoms with Gasteiger partial charge in [0.05, 0.1) is 16.6 Å². The lowest BCUT2D eigenvalue weighted by Crippen LogP contribution is -2.21. The predicted molar refractivity (Wildman–Crippen MR) is 86.6 cm³/mol. The summed E-state index contributed by atoms with van der Waals surface area (Å²) >= 11 is 0. The number of para-hydroxylation sites is 2. The highest BCUT2D eigenvalue weighted by Crippen LogP contribution is 2.15. The molecule has 1 N–H and O–H groups in total. The zero-order valence-corrected chi connectivity index (χ0v) is 12.5. The second-order valence-electron chi connectivity index (χ2n) is 5.15. The number of rotatable bonds is 3. The van der Waals surface area contributed by atoms with Crippen LogP contribution >= 0.6 is 0 Å². The van der Waals surface area contributed by atoms with E-state index in [1.807, 2.05) is 37.3 Å². The Bertz CT molecular complexity index is 1020. The van der Waals surface area contributed by atoms with Crippen LogP contribution in [-0.4, -0.2) is 30.6 Å². The van der Waals surface area contributed by atoms with E-state index in [4.69, 9.17) is 0 Å². The lowest BCUT2D eigenvalue weighted by atomic mass is 10.2. The van der Waals surface area contributed by atoms with Crippen LogP contribution in [0.5, 0.6) is 0 Å². The van der Waals surface area contributed by atoms with E-state index >= 15 is 0 Å². The van der Waals surface area contributed by atoms with Gasteiger partial charge in [-0.1, -0.05) is 17.3 Å². The summed E-state index contributed by atoms with van der Waals surface area (Å²) in [5, 5.41) is 8.14. The highest BCUT2D eigenvalue weighted by molar-refractivity contribution is 6.02. The summed E-state index contributed by atoms with van der Waals surface area (Å²) in [7, 11) is 0. The molecule has 7 nitrogen and oxygen atoms in total. The van der Waals surface area contributed by atoms with Gasteiger partial charge in [0.1, 0.15) is 11.8 Å². The molecule has 0 aliphatic rings. The third kappa shape index (κ3) is 2.22. The molecular weight excluding hydrogens is 292 g/mol. The largest absolute Gasteiger partial charge is 0.270 e. The molecule has 0 bridgehead atoms. The van der Waals surface area contributed by atoms with Crippen LogP contribution in [0.25, 0.3) is 22.1 Å². The van der Waals surface area contributed by atoms with Crippen LogP contribution in [-0.2, 0) is 6.54 Å². The minimum absolute atomic E-state index is 0.221. The standard InChI is InChI=1S/C16H14N6O/c1-2-21-15-8-7-11(9-13(15)18-20-21)16(23)19-22-10-17-12-5-3-4-6-14(12)22/h3-10H,2H2,1H3,(H,19,23). The molecule has 0 saturated carbocycles. The van der Waals surface area contributed by atoms with Crippen molar-refractivity contribution in [2.75, 3.05) is 5.43 Å². The van der Waals surface area contributed by atoms with E-state index in [1.165, 1.54) is 0 Å². The van der Waals surface area contributed by atoms with E-state index in [0.29, 0.717) is 11.1 Å². The van der Waals surface area contributed by atoms with Crippen molar-refractivity contribution in [1.82, 2.24) is 24.7 Å². The number of fused-ring (bicyclic) bond motifs is 2. The first-order chi connectivity index (χ1) is 11.3. The number of benzene rings is 2. The summed E-state index contributed by atoms with van der Waals surface area (Å²) in [6, 6.07) is 13.0. The maximum Gasteiger partial charge on any atom is 0.270 e. The molecule has 0 unspecified atom stereocenters. The zero-order valence-electron chi connectivity index (χ0n) is 12.5. The average Bonchev–Trinajstić information content (AvgIpc) is 3.18. The van der Waals surface area contributed by atoms with Gasteiger partial charge in [-0.2, -0.15) is 0 Å². The molecule has 2 aromatic carbocycles. The number of nitrogens with one attached hydrogen (secondary N) is 1. The van der Waals surface area contributed by atoms with Crippen molar-refractivity contribution in [3.05, 3.63) is 54.4 Å². The third-order valence-corrected chi connectivity index (χ3v) is 3.75. The Kier molecular flexibility index (Phi) is 3.04. The van der Waals surface area contributed by atoms with Gasteiger partial charge in [-0.25, -0.2) is 14.3 Å². The zero-order chi connectivity index (χ0) is 15.8. The topological polar surface area (TPSA) is 77.6 Å². The maximum atomic E-state index is 12.5. The molecule has 4 aromatic rings. The van der Waals surface area contributed by atoms with Crippen LogP contribution in [0, 0.1) is 0 Å². The molecule has 2 aromatic heterocycles. The molecule has 0 aliphatic heterocycles. The number of aromatic nitrogens is 5. The first-order valence-electron chi connectivity index (χ1n) is 7.33. The number of hydrogen-bond acceptors (Lipinski definition) is 4. The molecule has 0 radical (unpaired) electrons. The van der Waals surface area contributed by atoms with Crippen molar-refractivity contribution < 1.29 is 4.79 Å². The Hall–Kier alpha value is -3.22. The number of amides is 1. The average molecular weight is 306 g/mol. The van der Waals surface area contributed by atoms with E-state index in [0.717, 1.165) is 23.1 Å². The molecular formula is C16H14N6O. The molecule has 7 heteroatoms. The normalized spacial score (nSPS) is 11.2. The van der Waals surface area contributed by atoms with Crippen LogP contribution in [0.15, 0.2) is 48.8 Å². The van der Waals surface area contributed by atoms with Crippen molar-refractivity contribution in [3.8, 4) is 0 Å². The minimum atomic E-state index is -0.221. The fraction of sp³-hybridized carbons (Fsp3) is 0.125. The highest BCUT2D eigenvalue weighted by atomic mass is 16.2. The van der Waals surface area contributed by atoms with Crippen LogP contribution < -0.4 is 5.43 Å². The lowest BCUT2D eigenvalue weighted by Gasteiger charge is -2.07. The van der Waals surface area contributed by atoms with Gasteiger partial charge in [-0.05, 0) is 37.3 Å². The molecule has 23 heavy (non-hydrogen) atoms. The van der Waals surface area contributed by atoms with E-state index in [1.54, 1.807) is 27.8 Å². The minimum Gasteiger partial charge on any atom is -0.267 e. The van der Waals surface area contributed by atoms with E-state index in [-0.39, 0.29) is 5.91 Å². The second-order valence-corrected chi connectivity index (χ2v) is 5.15. The Morgan fingerprint density at radius 3 is 2.87 bits per heavy atom. The van der Waals surface area contributed by atoms with E-state index < -0.39 is 0 Å². The number of carbonyl (C=O) groups is 1. The van der Waals surface area contributed by atoms with Crippen molar-refractivity contribution in [2.24, 2.45) is 0 Å². The third-order valence-electron chi connectivity index (χ3n) is 3.75. The maximum absolute atomic E-state index is 12.5. The van der Waals surface area contributed by atoms with Crippen molar-refractivity contribution >= 4 is 28.0 Å². The molecule has 0 atom stereocenters. The summed E-state index contributed by atoms with van der Waals surface area (Å²) in [5.74, 6) is -0.221. The quantitative estimate of drug-likeness (QED) is 0.629. The fourth-order valence-electron chi connectivity index (χ4n) is 2.57. The van der Waals surface area contributed by atoms with Gasteiger partial charge in [-0.3, -0.25) is 10.2 Å². The Morgan fingerprint density at radius 1 is 1.13 bits per heavy atom. The summed E-state index contributed by atoms with van der Waals surface area (Å²) in [4.78, 5) is 16.7. The fourth-order valence-corrected chi connectivity index (χ4v) is 2.57. The molecule has 0 aliphatic carbocycles. The lowest BCUT2D eigenvalue weighted by molar-refractivity contribution is 0.101. The van der Waals surface area contributed by atoms with Crippen LogP contribution in [0.4, 0.5) is 0 Å². The highest BCUT2D eigenvalue weighted by Gasteiger charge is 2.11. The number of hydrogen-bond donors (Lipinski definition) is 1. The number of aryl methyl sites for hydroxylation is 1. The SMILES string of the molecule is CCn1nnc2cc(C(=O)Nn3cnc4ccccc43)ccc21. The van der Waals surface area contributed by atoms with Crippen molar-refractivity contribution in [3.63, 3.8) is 0 Å². The first-order valence-corrected chi connectivity index (χ1v) is 7.33. The Morgan fingerprint density at radius 2 is 2.00 bits per heavy atom. The van der Waals surface area contributed by atoms with Gasteiger partial charge >= 0.3 is 0 Å². The van der Waals surface area contributed by atoms with Crippen molar-refractivity contribution in [1.29, 1.82) is 0 Å². The molecule has 0 fully saturated rings. The number of carbonyl (C=O) groups excluding carboxylic acids is 1. The summed E-state index contributed by atoms with van der Waals surface area (Å²) < 4.78 is 3.41. The van der Waals surface area contributed by atoms with Crippen LogP contribution in [0.2, 0.25) is 0 Å². The van der Waals surface area contributed by atoms with Crippen LogP contribution in [0.1, 0.15) is 17.3 Å². The number of nitrogens with zero attached hydrogens (tertiary/aromatic N) is 5. The van der Waals surface area contributed by atoms with Gasteiger partial charge in [-0.15, -0.1) is 5.10 Å². The van der Waals surface area contributed by atoms with Gasteiger partial charge in [0.15, 0.2) is 0 Å². The molecule has 114 valence electrons. The van der Waals surface area contributed by atoms with Gasteiger partial charge in [0.25, 0.3) is 5.91 Å². The molecule has 0 spiro atoms. The monoisotopic (exact) mass is 306 g/mol. The Labute approximate surface area is 131 Å². The molecule has 4 rings (SSSR count). The van der Waals surface area contributed by atoms with E-state index in [9.17, 15) is 4.79 Å². The molecule has 0 saturated heterocycles. The summed E-state index contributed by atoms with van der Waals surface area (Å²) in [6.07, 6.45) is 1.59. The predicted octanol–water partition coefficient (Wildman–Crippen LogP) is 2.18. The van der Waals surface area contributed by atoms with E-state index in [2.05, 4.69) is 20.7 Å². The van der Waals surface area contributed by atoms with Crippen molar-refractivity contribution in [2.45, 2.75) is 13.5 Å². The summed E-state index contributed by atoms with van der Waals surface area (Å²) in [6.45, 7) is 2.74. The number of imidazole rings is 1.